The van der Waals surface area contributed by atoms with Crippen LogP contribution in [0.25, 0.3) is 0 Å². The molecule has 4 N–H and O–H groups in total. The lowest BCUT2D eigenvalue weighted by molar-refractivity contribution is -0.221. The molecule has 0 saturated heterocycles. The van der Waals surface area contributed by atoms with Crippen LogP contribution in [0.4, 0.5) is 14.5 Å². The summed E-state index contributed by atoms with van der Waals surface area (Å²) in [6.45, 7) is 2.85. The first-order valence-electron chi connectivity index (χ1n) is 16.7. The summed E-state index contributed by atoms with van der Waals surface area (Å²) in [5.74, 6) is -4.04. The Bertz CT molecular complexity index is 1750. The first-order valence-corrected chi connectivity index (χ1v) is 16.7. The topological polar surface area (TPSA) is 145 Å². The lowest BCUT2D eigenvalue weighted by Crippen LogP contribution is -2.69. The van der Waals surface area contributed by atoms with Crippen LogP contribution in [-0.4, -0.2) is 65.7 Å². The highest BCUT2D eigenvalue weighted by atomic mass is 19.1. The second-order valence-corrected chi connectivity index (χ2v) is 14.3. The number of fused-ring (bicyclic) bond motifs is 5. The Morgan fingerprint density at radius 3 is 2.55 bits per heavy atom. The van der Waals surface area contributed by atoms with Gasteiger partial charge in [-0.3, -0.25) is 14.4 Å². The van der Waals surface area contributed by atoms with Gasteiger partial charge < -0.3 is 25.6 Å². The van der Waals surface area contributed by atoms with E-state index < -0.39 is 70.2 Å². The highest BCUT2D eigenvalue weighted by Gasteiger charge is 2.74. The average Bonchev–Trinajstić information content (AvgIpc) is 3.37. The lowest BCUT2D eigenvalue weighted by atomic mass is 9.44. The molecule has 0 spiro atoms. The minimum absolute atomic E-state index is 0.0831. The van der Waals surface area contributed by atoms with Gasteiger partial charge in [-0.15, -0.1) is 0 Å². The van der Waals surface area contributed by atoms with Gasteiger partial charge in [-0.1, -0.05) is 48.9 Å². The summed E-state index contributed by atoms with van der Waals surface area (Å²) < 4.78 is 43.2. The van der Waals surface area contributed by atoms with Gasteiger partial charge in [-0.25, -0.2) is 13.6 Å². The quantitative estimate of drug-likeness (QED) is 0.321. The fourth-order valence-corrected chi connectivity index (χ4v) is 9.42. The highest BCUT2D eigenvalue weighted by molar-refractivity contribution is 6.04. The third-order valence-corrected chi connectivity index (χ3v) is 12.0. The summed E-state index contributed by atoms with van der Waals surface area (Å²) in [7, 11) is 1.39. The van der Waals surface area contributed by atoms with E-state index in [4.69, 9.17) is 15.2 Å². The first kappa shape index (κ1) is 34.8. The summed E-state index contributed by atoms with van der Waals surface area (Å²) in [5, 5.41) is 14.1. The molecule has 49 heavy (non-hydrogen) atoms. The molecule has 0 aliphatic heterocycles. The summed E-state index contributed by atoms with van der Waals surface area (Å²) in [6.07, 6.45) is 4.63. The smallest absolute Gasteiger partial charge is 0.340 e. The van der Waals surface area contributed by atoms with Crippen molar-refractivity contribution in [3.8, 4) is 0 Å². The molecule has 3 saturated carbocycles. The van der Waals surface area contributed by atoms with E-state index in [9.17, 15) is 28.7 Å². The van der Waals surface area contributed by atoms with Crippen LogP contribution in [0.2, 0.25) is 0 Å². The molecule has 11 heteroatoms. The van der Waals surface area contributed by atoms with Crippen molar-refractivity contribution in [2.24, 2.45) is 28.4 Å². The van der Waals surface area contributed by atoms with Crippen molar-refractivity contribution in [2.45, 2.75) is 75.8 Å². The van der Waals surface area contributed by atoms with Crippen LogP contribution >= 0.6 is 0 Å². The number of amides is 1. The minimum atomic E-state index is -2.06. The Morgan fingerprint density at radius 2 is 1.84 bits per heavy atom. The molecule has 4 aliphatic rings. The van der Waals surface area contributed by atoms with E-state index >= 15 is 4.39 Å². The highest BCUT2D eigenvalue weighted by Crippen LogP contribution is 2.70. The number of hydrogen-bond donors (Lipinski definition) is 3. The van der Waals surface area contributed by atoms with E-state index in [2.05, 4.69) is 5.32 Å². The van der Waals surface area contributed by atoms with Crippen LogP contribution in [0, 0.1) is 28.5 Å². The largest absolute Gasteiger partial charge is 0.454 e. The zero-order valence-corrected chi connectivity index (χ0v) is 27.8. The Kier molecular flexibility index (Phi) is 9.00. The van der Waals surface area contributed by atoms with Crippen LogP contribution in [0.5, 0.6) is 0 Å². The molecule has 6 rings (SSSR count). The summed E-state index contributed by atoms with van der Waals surface area (Å²) >= 11 is 0. The summed E-state index contributed by atoms with van der Waals surface area (Å²) in [5.41, 5.74) is 1.51. The van der Waals surface area contributed by atoms with E-state index in [1.54, 1.807) is 13.0 Å². The number of aliphatic hydroxyl groups is 1. The van der Waals surface area contributed by atoms with Crippen molar-refractivity contribution < 1.29 is 42.5 Å². The normalized spacial score (nSPS) is 33.8. The van der Waals surface area contributed by atoms with E-state index in [0.717, 1.165) is 23.8 Å². The SMILES string of the molecule is CO[C@]1(C(=O)COC(=O)c2ccc(F)cc2NC(=O)[C@@H](N)Cc2ccccc2)CCC2[C@@H]3CCC4=CC(=O)C=C[C@]4(C)[C@@]3(F)[C@@H](O)C[C@@]21C. The van der Waals surface area contributed by atoms with Gasteiger partial charge in [0.1, 0.15) is 11.4 Å². The molecule has 4 aliphatic carbocycles. The number of aliphatic hydroxyl groups excluding tert-OH is 1. The van der Waals surface area contributed by atoms with Crippen LogP contribution in [-0.2, 0) is 30.3 Å². The molecule has 1 amide bonds. The predicted octanol–water partition coefficient (Wildman–Crippen LogP) is 4.82. The van der Waals surface area contributed by atoms with Crippen LogP contribution in [0.15, 0.2) is 72.3 Å². The van der Waals surface area contributed by atoms with E-state index in [0.29, 0.717) is 24.8 Å². The standard InChI is InChI=1S/C38H42F2N2O7/c1-35-15-13-25(43)18-23(35)9-12-28-27-14-16-37(48-3,36(27,2)20-31(44)38(28,35)40)32(45)21-49-34(47)26-11-10-24(39)19-30(26)42-33(46)29(41)17-22-7-5-4-6-8-22/h4-8,10-11,13,15,18-19,27-29,31,44H,9,12,14,16-17,20-21,41H2,1-3H3,(H,42,46)/t27?,28-,29-,31-,35-,36-,37-,38-/m0/s1. The number of methoxy groups -OCH3 is 1. The summed E-state index contributed by atoms with van der Waals surface area (Å²) in [6, 6.07) is 11.3. The number of nitrogens with one attached hydrogen (secondary N) is 1. The number of nitrogens with two attached hydrogens (primary N) is 1. The fourth-order valence-electron chi connectivity index (χ4n) is 9.42. The molecule has 0 heterocycles. The molecule has 0 aromatic heterocycles. The molecule has 2 aromatic rings. The Labute approximate surface area is 283 Å². The number of halogens is 2. The van der Waals surface area contributed by atoms with E-state index in [-0.39, 0.29) is 42.2 Å². The van der Waals surface area contributed by atoms with Crippen molar-refractivity contribution in [1.29, 1.82) is 0 Å². The van der Waals surface area contributed by atoms with Crippen molar-refractivity contribution in [1.82, 2.24) is 0 Å². The van der Waals surface area contributed by atoms with Gasteiger partial charge >= 0.3 is 5.97 Å². The van der Waals surface area contributed by atoms with Gasteiger partial charge in [-0.2, -0.15) is 0 Å². The number of Topliss-reactive ketones (excluding diaryl/α,β-unsaturated/α-hetero) is 1. The van der Waals surface area contributed by atoms with Gasteiger partial charge in [0.25, 0.3) is 0 Å². The molecule has 9 nitrogen and oxygen atoms in total. The van der Waals surface area contributed by atoms with Gasteiger partial charge in [-0.05, 0) is 87.3 Å². The molecule has 260 valence electrons. The maximum Gasteiger partial charge on any atom is 0.340 e. The zero-order valence-electron chi connectivity index (χ0n) is 27.8. The van der Waals surface area contributed by atoms with Crippen molar-refractivity contribution in [3.63, 3.8) is 0 Å². The van der Waals surface area contributed by atoms with E-state index in [1.165, 1.54) is 19.3 Å². The van der Waals surface area contributed by atoms with Gasteiger partial charge in [0.15, 0.2) is 18.1 Å². The monoisotopic (exact) mass is 676 g/mol. The molecule has 8 atom stereocenters. The van der Waals surface area contributed by atoms with E-state index in [1.807, 2.05) is 37.3 Å². The Morgan fingerprint density at radius 1 is 1.10 bits per heavy atom. The number of carbonyl (C=O) groups excluding carboxylic acids is 4. The number of ketones is 2. The Balaban J connectivity index is 1.18. The van der Waals surface area contributed by atoms with Crippen LogP contribution in [0.3, 0.4) is 0 Å². The van der Waals surface area contributed by atoms with Gasteiger partial charge in [0.05, 0.1) is 23.4 Å². The molecular weight excluding hydrogens is 634 g/mol. The molecule has 1 unspecified atom stereocenters. The second kappa shape index (κ2) is 12.7. The number of hydrogen-bond acceptors (Lipinski definition) is 8. The number of esters is 1. The number of benzene rings is 2. The van der Waals surface area contributed by atoms with Gasteiger partial charge in [0.2, 0.25) is 11.7 Å². The molecule has 0 radical (unpaired) electrons. The lowest BCUT2D eigenvalue weighted by Gasteiger charge is -2.62. The number of alkyl halides is 1. The number of allylic oxidation sites excluding steroid dienone is 4. The third kappa shape index (κ3) is 5.46. The predicted molar refractivity (Wildman–Crippen MR) is 177 cm³/mol. The summed E-state index contributed by atoms with van der Waals surface area (Å²) in [4.78, 5) is 52.4. The molecular formula is C38H42F2N2O7. The van der Waals surface area contributed by atoms with Crippen molar-refractivity contribution in [2.75, 3.05) is 19.0 Å². The fraction of sp³-hybridized carbons (Fsp3) is 0.474. The second-order valence-electron chi connectivity index (χ2n) is 14.3. The average molecular weight is 677 g/mol. The molecule has 0 bridgehead atoms. The van der Waals surface area contributed by atoms with Crippen molar-refractivity contribution >= 4 is 29.1 Å². The number of rotatable bonds is 9. The zero-order chi connectivity index (χ0) is 35.4. The molecule has 3 fully saturated rings. The maximum absolute atomic E-state index is 17.5. The minimum Gasteiger partial charge on any atom is -0.454 e. The number of carbonyl (C=O) groups is 4. The number of anilines is 1. The van der Waals surface area contributed by atoms with Crippen LogP contribution < -0.4 is 11.1 Å². The third-order valence-electron chi connectivity index (χ3n) is 12.0. The van der Waals surface area contributed by atoms with Crippen molar-refractivity contribution in [3.05, 3.63) is 89.3 Å². The first-order chi connectivity index (χ1) is 23.2. The maximum atomic E-state index is 17.5. The number of ether oxygens (including phenoxy) is 2. The molecule has 2 aromatic carbocycles. The van der Waals surface area contributed by atoms with Gasteiger partial charge in [0, 0.05) is 23.9 Å². The Hall–Kier alpha value is -4.06. The van der Waals surface area contributed by atoms with Crippen LogP contribution in [0.1, 0.15) is 61.9 Å².